The van der Waals surface area contributed by atoms with Crippen molar-refractivity contribution in [2.24, 2.45) is 0 Å². The van der Waals surface area contributed by atoms with Gasteiger partial charge in [0.25, 0.3) is 0 Å². The van der Waals surface area contributed by atoms with Crippen LogP contribution in [0.15, 0.2) is 0 Å². The van der Waals surface area contributed by atoms with Crippen LogP contribution in [0.4, 0.5) is 4.53 Å². The number of rotatable bonds is 5. The normalized spacial score (nSPS) is 8.89. The quantitative estimate of drug-likeness (QED) is 0.333. The van der Waals surface area contributed by atoms with Gasteiger partial charge in [0, 0.05) is 17.8 Å². The molecular formula is C5H7FO2S. The van der Waals surface area contributed by atoms with Crippen LogP contribution >= 0.6 is 12.0 Å². The first-order valence-corrected chi connectivity index (χ1v) is 3.24. The van der Waals surface area contributed by atoms with E-state index in [1.807, 2.05) is 0 Å². The van der Waals surface area contributed by atoms with Crippen LogP contribution in [-0.2, 0) is 9.12 Å². The van der Waals surface area contributed by atoms with E-state index in [1.54, 1.807) is 0 Å². The lowest BCUT2D eigenvalue weighted by Gasteiger charge is -1.94. The van der Waals surface area contributed by atoms with Crippen LogP contribution in [-0.4, -0.2) is 19.0 Å². The highest BCUT2D eigenvalue weighted by Gasteiger charge is 1.86. The van der Waals surface area contributed by atoms with E-state index < -0.39 is 0 Å². The van der Waals surface area contributed by atoms with Gasteiger partial charge in [-0.25, -0.2) is 0 Å². The summed E-state index contributed by atoms with van der Waals surface area (Å²) in [6.45, 7) is 0.686. The monoisotopic (exact) mass is 150 g/mol. The second-order valence-corrected chi connectivity index (χ2v) is 1.91. The summed E-state index contributed by atoms with van der Waals surface area (Å²) in [4.78, 5) is 0. The lowest BCUT2D eigenvalue weighted by atomic mass is 10.7. The zero-order chi connectivity index (χ0) is 6.95. The van der Waals surface area contributed by atoms with E-state index in [2.05, 4.69) is 10.3 Å². The minimum atomic E-state index is 0.271. The Hall–Kier alpha value is -0.240. The predicted octanol–water partition coefficient (Wildman–Crippen LogP) is 1.19. The summed E-state index contributed by atoms with van der Waals surface area (Å²) in [5, 5.41) is 0. The van der Waals surface area contributed by atoms with Gasteiger partial charge in [-0.3, -0.25) is 0 Å². The molecule has 0 unspecified atom stereocenters. The van der Waals surface area contributed by atoms with Crippen LogP contribution in [0.1, 0.15) is 0 Å². The molecule has 0 N–H and O–H groups in total. The Morgan fingerprint density at radius 3 is 3.00 bits per heavy atom. The van der Waals surface area contributed by atoms with Crippen LogP contribution in [0.3, 0.4) is 0 Å². The Kier molecular flexibility index (Phi) is 7.55. The highest BCUT2D eigenvalue weighted by molar-refractivity contribution is 7.94. The zero-order valence-corrected chi connectivity index (χ0v) is 5.62. The number of hydrogen-bond acceptors (Lipinski definition) is 3. The van der Waals surface area contributed by atoms with E-state index in [1.165, 1.54) is 0 Å². The fraction of sp³-hybridized carbons (Fsp3) is 0.600. The van der Waals surface area contributed by atoms with Crippen molar-refractivity contribution in [2.45, 2.75) is 0 Å². The molecule has 0 saturated carbocycles. The topological polar surface area (TPSA) is 18.5 Å². The van der Waals surface area contributed by atoms with Gasteiger partial charge in [-0.1, -0.05) is 5.92 Å². The van der Waals surface area contributed by atoms with Gasteiger partial charge < -0.3 is 4.74 Å². The standard InChI is InChI=1S/C5H7FO2S/c1-2-3-7-4-5-9-8-6/h1H,3-5H2. The molecule has 0 rings (SSSR count). The Labute approximate surface area is 57.8 Å². The minimum Gasteiger partial charge on any atom is -0.368 e. The Bertz CT molecular complexity index is 91.4. The minimum absolute atomic E-state index is 0.271. The molecule has 0 radical (unpaired) electrons. The van der Waals surface area contributed by atoms with Gasteiger partial charge in [-0.15, -0.1) is 10.8 Å². The molecular weight excluding hydrogens is 143 g/mol. The molecule has 0 atom stereocenters. The zero-order valence-electron chi connectivity index (χ0n) is 4.80. The lowest BCUT2D eigenvalue weighted by molar-refractivity contribution is 0.0223. The van der Waals surface area contributed by atoms with E-state index in [9.17, 15) is 4.53 Å². The van der Waals surface area contributed by atoms with Crippen molar-refractivity contribution in [1.82, 2.24) is 0 Å². The third-order valence-electron chi connectivity index (χ3n) is 0.541. The van der Waals surface area contributed by atoms with Crippen molar-refractivity contribution < 1.29 is 13.7 Å². The fourth-order valence-electron chi connectivity index (χ4n) is 0.256. The maximum atomic E-state index is 10.9. The summed E-state index contributed by atoms with van der Waals surface area (Å²) in [6, 6.07) is 0. The third kappa shape index (κ3) is 7.76. The van der Waals surface area contributed by atoms with Crippen molar-refractivity contribution in [3.8, 4) is 12.3 Å². The Morgan fingerprint density at radius 2 is 2.44 bits per heavy atom. The van der Waals surface area contributed by atoms with Gasteiger partial charge in [0.15, 0.2) is 0 Å². The average molecular weight is 150 g/mol. The smallest absolute Gasteiger partial charge is 0.107 e. The second kappa shape index (κ2) is 7.76. The molecule has 0 heterocycles. The third-order valence-corrected chi connectivity index (χ3v) is 0.963. The summed E-state index contributed by atoms with van der Waals surface area (Å²) in [5.74, 6) is 2.74. The van der Waals surface area contributed by atoms with Crippen molar-refractivity contribution in [1.29, 1.82) is 0 Å². The molecule has 0 aromatic carbocycles. The number of hydrogen-bond donors (Lipinski definition) is 0. The maximum Gasteiger partial charge on any atom is 0.107 e. The molecule has 2 nitrogen and oxygen atoms in total. The highest BCUT2D eigenvalue weighted by atomic mass is 32.2. The van der Waals surface area contributed by atoms with Crippen LogP contribution in [0.25, 0.3) is 0 Å². The summed E-state index contributed by atoms with van der Waals surface area (Å²) in [6.07, 6.45) is 4.86. The van der Waals surface area contributed by atoms with Crippen LogP contribution in [0.2, 0.25) is 0 Å². The molecule has 0 aliphatic carbocycles. The highest BCUT2D eigenvalue weighted by Crippen LogP contribution is 2.00. The van der Waals surface area contributed by atoms with Gasteiger partial charge in [0.05, 0.1) is 6.61 Å². The molecule has 4 heteroatoms. The fourth-order valence-corrected chi connectivity index (χ4v) is 0.504. The van der Waals surface area contributed by atoms with E-state index >= 15 is 0 Å². The van der Waals surface area contributed by atoms with Gasteiger partial charge in [0.1, 0.15) is 6.61 Å². The first-order valence-electron chi connectivity index (χ1n) is 2.33. The van der Waals surface area contributed by atoms with Crippen molar-refractivity contribution >= 4 is 12.0 Å². The van der Waals surface area contributed by atoms with Crippen molar-refractivity contribution in [3.63, 3.8) is 0 Å². The van der Waals surface area contributed by atoms with E-state index in [0.717, 1.165) is 0 Å². The molecule has 0 aromatic heterocycles. The molecule has 0 amide bonds. The second-order valence-electron chi connectivity index (χ2n) is 1.14. The van der Waals surface area contributed by atoms with Crippen molar-refractivity contribution in [2.75, 3.05) is 19.0 Å². The van der Waals surface area contributed by atoms with E-state index in [-0.39, 0.29) is 6.61 Å². The van der Waals surface area contributed by atoms with Gasteiger partial charge in [-0.2, -0.15) is 0 Å². The number of halogens is 1. The van der Waals surface area contributed by atoms with Gasteiger partial charge in [0.2, 0.25) is 0 Å². The SMILES string of the molecule is C#CCOCCSOF. The molecule has 0 fully saturated rings. The van der Waals surface area contributed by atoms with Gasteiger partial charge in [-0.05, 0) is 4.53 Å². The lowest BCUT2D eigenvalue weighted by Crippen LogP contribution is -1.96. The summed E-state index contributed by atoms with van der Waals surface area (Å²) < 4.78 is 18.9. The largest absolute Gasteiger partial charge is 0.368 e. The summed E-state index contributed by atoms with van der Waals surface area (Å²) >= 11 is 0.698. The van der Waals surface area contributed by atoms with E-state index in [0.29, 0.717) is 24.4 Å². The van der Waals surface area contributed by atoms with Crippen LogP contribution in [0.5, 0.6) is 0 Å². The molecule has 0 spiro atoms. The first kappa shape index (κ1) is 8.76. The molecule has 52 valence electrons. The average Bonchev–Trinajstić information content (AvgIpc) is 1.89. The molecule has 0 aliphatic heterocycles. The molecule has 0 saturated heterocycles. The van der Waals surface area contributed by atoms with Crippen molar-refractivity contribution in [3.05, 3.63) is 0 Å². The predicted molar refractivity (Wildman–Crippen MR) is 34.3 cm³/mol. The first-order chi connectivity index (χ1) is 4.41. The maximum absolute atomic E-state index is 10.9. The molecule has 9 heavy (non-hydrogen) atoms. The van der Waals surface area contributed by atoms with Crippen LogP contribution < -0.4 is 0 Å². The Morgan fingerprint density at radius 1 is 1.67 bits per heavy atom. The van der Waals surface area contributed by atoms with E-state index in [4.69, 9.17) is 11.2 Å². The Balaban J connectivity index is 2.69. The summed E-state index contributed by atoms with van der Waals surface area (Å²) in [7, 11) is 0. The van der Waals surface area contributed by atoms with Crippen LogP contribution in [0, 0.1) is 12.3 Å². The molecule has 0 aliphatic rings. The summed E-state index contributed by atoms with van der Waals surface area (Å²) in [5.41, 5.74) is 0. The molecule has 0 aromatic rings. The van der Waals surface area contributed by atoms with Gasteiger partial charge >= 0.3 is 0 Å². The number of ether oxygens (including phenoxy) is 1. The molecule has 0 bridgehead atoms. The number of terminal acetylenes is 1.